The molecule has 112 valence electrons. The molecule has 0 unspecified atom stereocenters. The average molecular weight is 272 g/mol. The lowest BCUT2D eigenvalue weighted by molar-refractivity contribution is -0.0699. The Bertz CT molecular complexity index is 298. The fourth-order valence-corrected chi connectivity index (χ4v) is 2.72. The summed E-state index contributed by atoms with van der Waals surface area (Å²) in [5, 5.41) is 3.57. The highest BCUT2D eigenvalue weighted by molar-refractivity contribution is 5.65. The SMILES string of the molecule is CC(C)COC(=O)NOC1CC(C)(C)NC(C)(C)C1. The normalized spacial score (nSPS) is 22.3. The van der Waals surface area contributed by atoms with E-state index in [-0.39, 0.29) is 17.2 Å². The number of amides is 1. The number of piperidine rings is 1. The molecule has 1 aliphatic rings. The Morgan fingerprint density at radius 2 is 1.79 bits per heavy atom. The second kappa shape index (κ2) is 6.09. The molecular weight excluding hydrogens is 244 g/mol. The van der Waals surface area contributed by atoms with Gasteiger partial charge in [0.2, 0.25) is 0 Å². The fraction of sp³-hybridized carbons (Fsp3) is 0.929. The quantitative estimate of drug-likeness (QED) is 0.772. The lowest BCUT2D eigenvalue weighted by atomic mass is 9.81. The molecule has 1 fully saturated rings. The summed E-state index contributed by atoms with van der Waals surface area (Å²) in [6.07, 6.45) is 1.18. The first kappa shape index (κ1) is 16.2. The molecule has 1 saturated heterocycles. The van der Waals surface area contributed by atoms with E-state index in [1.54, 1.807) is 0 Å². The molecule has 1 aliphatic heterocycles. The van der Waals surface area contributed by atoms with Crippen LogP contribution in [-0.4, -0.2) is 29.9 Å². The van der Waals surface area contributed by atoms with Crippen molar-refractivity contribution < 1.29 is 14.4 Å². The molecule has 0 saturated carbocycles. The Morgan fingerprint density at radius 1 is 1.26 bits per heavy atom. The number of rotatable bonds is 4. The zero-order valence-corrected chi connectivity index (χ0v) is 13.0. The highest BCUT2D eigenvalue weighted by Crippen LogP contribution is 2.29. The number of hydrogen-bond acceptors (Lipinski definition) is 4. The Labute approximate surface area is 116 Å². The summed E-state index contributed by atoms with van der Waals surface area (Å²) in [6.45, 7) is 12.9. The van der Waals surface area contributed by atoms with Crippen LogP contribution >= 0.6 is 0 Å². The maximum atomic E-state index is 11.4. The Kier molecular flexibility index (Phi) is 5.21. The number of carbonyl (C=O) groups is 1. The monoisotopic (exact) mass is 272 g/mol. The lowest BCUT2D eigenvalue weighted by Crippen LogP contribution is -2.60. The van der Waals surface area contributed by atoms with Crippen molar-refractivity contribution in [3.8, 4) is 0 Å². The zero-order chi connectivity index (χ0) is 14.7. The van der Waals surface area contributed by atoms with Gasteiger partial charge in [0.25, 0.3) is 0 Å². The molecule has 1 rings (SSSR count). The standard InChI is InChI=1S/C14H28N2O3/c1-10(2)9-18-12(17)15-19-11-7-13(3,4)16-14(5,6)8-11/h10-11,16H,7-9H2,1-6H3,(H,15,17). The first-order chi connectivity index (χ1) is 8.60. The van der Waals surface area contributed by atoms with Gasteiger partial charge in [0.15, 0.2) is 0 Å². The third kappa shape index (κ3) is 6.25. The van der Waals surface area contributed by atoms with Gasteiger partial charge in [-0.1, -0.05) is 13.8 Å². The van der Waals surface area contributed by atoms with Crippen LogP contribution in [0.4, 0.5) is 4.79 Å². The highest BCUT2D eigenvalue weighted by atomic mass is 16.7. The van der Waals surface area contributed by atoms with Gasteiger partial charge in [-0.05, 0) is 46.5 Å². The van der Waals surface area contributed by atoms with Crippen LogP contribution < -0.4 is 10.8 Å². The van der Waals surface area contributed by atoms with Gasteiger partial charge < -0.3 is 10.1 Å². The maximum Gasteiger partial charge on any atom is 0.431 e. The Balaban J connectivity index is 2.38. The van der Waals surface area contributed by atoms with Gasteiger partial charge in [0.1, 0.15) is 0 Å². The molecule has 5 heteroatoms. The van der Waals surface area contributed by atoms with Crippen LogP contribution in [0.15, 0.2) is 0 Å². The smallest absolute Gasteiger partial charge is 0.431 e. The van der Waals surface area contributed by atoms with Crippen molar-refractivity contribution in [1.29, 1.82) is 0 Å². The van der Waals surface area contributed by atoms with E-state index in [4.69, 9.17) is 9.57 Å². The van der Waals surface area contributed by atoms with Gasteiger partial charge in [0.05, 0.1) is 12.7 Å². The molecule has 0 atom stereocenters. The minimum absolute atomic E-state index is 0.00199. The van der Waals surface area contributed by atoms with Gasteiger partial charge in [-0.3, -0.25) is 4.84 Å². The molecule has 1 heterocycles. The van der Waals surface area contributed by atoms with Crippen molar-refractivity contribution in [3.05, 3.63) is 0 Å². The molecule has 0 aromatic carbocycles. The van der Waals surface area contributed by atoms with E-state index in [9.17, 15) is 4.79 Å². The topological polar surface area (TPSA) is 59.6 Å². The van der Waals surface area contributed by atoms with Crippen LogP contribution in [0.2, 0.25) is 0 Å². The van der Waals surface area contributed by atoms with Crippen LogP contribution in [0.3, 0.4) is 0 Å². The van der Waals surface area contributed by atoms with Gasteiger partial charge in [0, 0.05) is 11.1 Å². The first-order valence-corrected chi connectivity index (χ1v) is 6.97. The van der Waals surface area contributed by atoms with Crippen molar-refractivity contribution in [2.45, 2.75) is 71.6 Å². The molecule has 0 aromatic heterocycles. The van der Waals surface area contributed by atoms with Gasteiger partial charge >= 0.3 is 6.09 Å². The predicted octanol–water partition coefficient (Wildman–Crippen LogP) is 2.61. The van der Waals surface area contributed by atoms with Crippen molar-refractivity contribution in [2.24, 2.45) is 5.92 Å². The van der Waals surface area contributed by atoms with Crippen LogP contribution in [0.25, 0.3) is 0 Å². The van der Waals surface area contributed by atoms with Crippen LogP contribution in [0.5, 0.6) is 0 Å². The molecule has 1 amide bonds. The molecule has 5 nitrogen and oxygen atoms in total. The molecule has 0 radical (unpaired) electrons. The molecule has 0 aliphatic carbocycles. The second-order valence-corrected chi connectivity index (χ2v) is 7.14. The zero-order valence-electron chi connectivity index (χ0n) is 13.0. The lowest BCUT2D eigenvalue weighted by Gasteiger charge is -2.45. The summed E-state index contributed by atoms with van der Waals surface area (Å²) in [6, 6.07) is 0. The number of hydrogen-bond donors (Lipinski definition) is 2. The summed E-state index contributed by atoms with van der Waals surface area (Å²) >= 11 is 0. The van der Waals surface area contributed by atoms with Gasteiger partial charge in [-0.15, -0.1) is 0 Å². The Hall–Kier alpha value is -0.810. The van der Waals surface area contributed by atoms with Crippen molar-refractivity contribution in [1.82, 2.24) is 10.8 Å². The summed E-state index contributed by atoms with van der Waals surface area (Å²) in [7, 11) is 0. The van der Waals surface area contributed by atoms with E-state index in [2.05, 4.69) is 38.5 Å². The molecule has 0 spiro atoms. The highest BCUT2D eigenvalue weighted by Gasteiger charge is 2.38. The summed E-state index contributed by atoms with van der Waals surface area (Å²) in [5.74, 6) is 0.322. The van der Waals surface area contributed by atoms with Crippen LogP contribution in [0, 0.1) is 5.92 Å². The van der Waals surface area contributed by atoms with E-state index in [0.717, 1.165) is 12.8 Å². The van der Waals surface area contributed by atoms with Crippen LogP contribution in [0.1, 0.15) is 54.4 Å². The summed E-state index contributed by atoms with van der Waals surface area (Å²) in [5.41, 5.74) is 2.39. The Morgan fingerprint density at radius 3 is 2.26 bits per heavy atom. The van der Waals surface area contributed by atoms with Crippen molar-refractivity contribution >= 4 is 6.09 Å². The molecule has 0 aromatic rings. The van der Waals surface area contributed by atoms with Crippen molar-refractivity contribution in [3.63, 3.8) is 0 Å². The molecule has 19 heavy (non-hydrogen) atoms. The minimum Gasteiger partial charge on any atom is -0.448 e. The summed E-state index contributed by atoms with van der Waals surface area (Å²) < 4.78 is 5.01. The largest absolute Gasteiger partial charge is 0.448 e. The van der Waals surface area contributed by atoms with Crippen molar-refractivity contribution in [2.75, 3.05) is 6.61 Å². The molecule has 0 bridgehead atoms. The third-order valence-corrected chi connectivity index (χ3v) is 3.01. The van der Waals surface area contributed by atoms with Gasteiger partial charge in [-0.2, -0.15) is 5.48 Å². The molecular formula is C14H28N2O3. The average Bonchev–Trinajstić information content (AvgIpc) is 2.19. The van der Waals surface area contributed by atoms with Gasteiger partial charge in [-0.25, -0.2) is 4.79 Å². The number of ether oxygens (including phenoxy) is 1. The van der Waals surface area contributed by atoms with Crippen LogP contribution in [-0.2, 0) is 9.57 Å². The number of carbonyl (C=O) groups excluding carboxylic acids is 1. The van der Waals surface area contributed by atoms with E-state index in [1.807, 2.05) is 13.8 Å². The molecule has 2 N–H and O–H groups in total. The van der Waals surface area contributed by atoms with E-state index >= 15 is 0 Å². The number of hydroxylamine groups is 1. The van der Waals surface area contributed by atoms with E-state index in [1.165, 1.54) is 0 Å². The van der Waals surface area contributed by atoms with E-state index in [0.29, 0.717) is 12.5 Å². The third-order valence-electron chi connectivity index (χ3n) is 3.01. The predicted molar refractivity (Wildman–Crippen MR) is 74.7 cm³/mol. The second-order valence-electron chi connectivity index (χ2n) is 7.14. The number of nitrogens with one attached hydrogen (secondary N) is 2. The first-order valence-electron chi connectivity index (χ1n) is 6.97. The minimum atomic E-state index is -0.511. The fourth-order valence-electron chi connectivity index (χ4n) is 2.72. The maximum absolute atomic E-state index is 11.4. The summed E-state index contributed by atoms with van der Waals surface area (Å²) in [4.78, 5) is 16.9. The van der Waals surface area contributed by atoms with E-state index < -0.39 is 6.09 Å².